The predicted octanol–water partition coefficient (Wildman–Crippen LogP) is 2.43. The van der Waals surface area contributed by atoms with E-state index in [4.69, 9.17) is 4.74 Å². The van der Waals surface area contributed by atoms with Crippen LogP contribution in [-0.2, 0) is 32.1 Å². The van der Waals surface area contributed by atoms with E-state index in [1.165, 1.54) is 40.9 Å². The van der Waals surface area contributed by atoms with Crippen molar-refractivity contribution in [3.63, 3.8) is 0 Å². The highest BCUT2D eigenvalue weighted by Crippen LogP contribution is 2.51. The van der Waals surface area contributed by atoms with Crippen molar-refractivity contribution in [1.82, 2.24) is 10.2 Å². The van der Waals surface area contributed by atoms with E-state index >= 15 is 0 Å². The molecule has 10 heteroatoms. The number of non-ortho nitro benzene ring substituents is 1. The average molecular weight is 470 g/mol. The van der Waals surface area contributed by atoms with Crippen LogP contribution in [0.4, 0.5) is 5.69 Å². The van der Waals surface area contributed by atoms with Crippen LogP contribution < -0.4 is 5.32 Å². The number of nitro benzene ring substituents is 1. The van der Waals surface area contributed by atoms with Crippen molar-refractivity contribution in [2.45, 2.75) is 49.1 Å². The van der Waals surface area contributed by atoms with Crippen LogP contribution in [0.5, 0.6) is 0 Å². The Morgan fingerprint density at radius 1 is 1.12 bits per heavy atom. The molecule has 2 saturated heterocycles. The number of hydrogen-bond donors (Lipinski definition) is 1. The molecule has 2 aromatic carbocycles. The number of thioether (sulfide) groups is 1. The number of nitro groups is 1. The van der Waals surface area contributed by atoms with Crippen molar-refractivity contribution in [3.05, 3.63) is 75.8 Å². The minimum Gasteiger partial charge on any atom is -0.459 e. The van der Waals surface area contributed by atoms with Crippen molar-refractivity contribution in [3.8, 4) is 0 Å². The fraction of sp³-hybridized carbons (Fsp3) is 0.348. The molecule has 3 atom stereocenters. The molecule has 2 fully saturated rings. The molecule has 2 heterocycles. The summed E-state index contributed by atoms with van der Waals surface area (Å²) in [5, 5.41) is 13.2. The Hall–Kier alpha value is -3.40. The predicted molar refractivity (Wildman–Crippen MR) is 121 cm³/mol. The second kappa shape index (κ2) is 8.86. The van der Waals surface area contributed by atoms with Crippen LogP contribution in [0, 0.1) is 10.1 Å². The van der Waals surface area contributed by atoms with Crippen molar-refractivity contribution < 1.29 is 24.0 Å². The number of carbonyl (C=O) groups is 3. The molecule has 0 aliphatic carbocycles. The topological polar surface area (TPSA) is 119 Å². The van der Waals surface area contributed by atoms with Gasteiger partial charge in [-0.1, -0.05) is 30.3 Å². The van der Waals surface area contributed by atoms with Gasteiger partial charge in [-0.05, 0) is 37.1 Å². The van der Waals surface area contributed by atoms with Crippen LogP contribution >= 0.6 is 11.8 Å². The number of benzene rings is 2. The molecule has 0 saturated carbocycles. The number of nitrogens with one attached hydrogen (secondary N) is 1. The van der Waals surface area contributed by atoms with Crippen LogP contribution in [0.1, 0.15) is 25.0 Å². The van der Waals surface area contributed by atoms with Gasteiger partial charge in [-0.2, -0.15) is 0 Å². The Morgan fingerprint density at radius 3 is 2.42 bits per heavy atom. The number of amides is 2. The molecule has 2 aliphatic heterocycles. The number of fused-ring (bicyclic) bond motifs is 1. The molecule has 1 N–H and O–H groups in total. The van der Waals surface area contributed by atoms with Gasteiger partial charge >= 0.3 is 5.97 Å². The van der Waals surface area contributed by atoms with Gasteiger partial charge in [-0.3, -0.25) is 19.7 Å². The summed E-state index contributed by atoms with van der Waals surface area (Å²) in [5.41, 5.74) is 1.41. The van der Waals surface area contributed by atoms with Gasteiger partial charge in [-0.25, -0.2) is 4.79 Å². The van der Waals surface area contributed by atoms with E-state index in [0.29, 0.717) is 5.56 Å². The van der Waals surface area contributed by atoms with Crippen molar-refractivity contribution in [2.75, 3.05) is 0 Å². The molecular weight excluding hydrogens is 446 g/mol. The summed E-state index contributed by atoms with van der Waals surface area (Å²) in [4.78, 5) is 49.9. The maximum atomic E-state index is 12.9. The Morgan fingerprint density at radius 2 is 1.79 bits per heavy atom. The summed E-state index contributed by atoms with van der Waals surface area (Å²) in [6.07, 6.45) is 0.173. The molecule has 0 aromatic heterocycles. The molecule has 0 spiro atoms. The number of esters is 1. The molecule has 33 heavy (non-hydrogen) atoms. The van der Waals surface area contributed by atoms with Gasteiger partial charge in [-0.15, -0.1) is 11.8 Å². The van der Waals surface area contributed by atoms with Gasteiger partial charge < -0.3 is 15.0 Å². The monoisotopic (exact) mass is 469 g/mol. The van der Waals surface area contributed by atoms with E-state index in [9.17, 15) is 24.5 Å². The van der Waals surface area contributed by atoms with E-state index < -0.39 is 27.7 Å². The van der Waals surface area contributed by atoms with Crippen LogP contribution in [0.15, 0.2) is 54.6 Å². The molecule has 172 valence electrons. The summed E-state index contributed by atoms with van der Waals surface area (Å²) in [7, 11) is 0. The largest absolute Gasteiger partial charge is 0.459 e. The molecule has 2 aromatic rings. The third-order valence-corrected chi connectivity index (χ3v) is 7.29. The lowest BCUT2D eigenvalue weighted by atomic mass is 9.96. The van der Waals surface area contributed by atoms with Gasteiger partial charge in [0.25, 0.3) is 5.69 Å². The third kappa shape index (κ3) is 4.56. The number of ether oxygens (including phenoxy) is 1. The fourth-order valence-corrected chi connectivity index (χ4v) is 5.70. The van der Waals surface area contributed by atoms with Crippen LogP contribution in [0.2, 0.25) is 0 Å². The highest BCUT2D eigenvalue weighted by Gasteiger charge is 2.64. The van der Waals surface area contributed by atoms with E-state index in [2.05, 4.69) is 5.32 Å². The van der Waals surface area contributed by atoms with Crippen LogP contribution in [0.3, 0.4) is 0 Å². The first kappa shape index (κ1) is 22.8. The summed E-state index contributed by atoms with van der Waals surface area (Å²) >= 11 is 1.46. The molecule has 2 amide bonds. The highest BCUT2D eigenvalue weighted by atomic mass is 32.2. The summed E-state index contributed by atoms with van der Waals surface area (Å²) < 4.78 is 4.84. The van der Waals surface area contributed by atoms with E-state index in [1.54, 1.807) is 0 Å². The number of hydrogen-bond acceptors (Lipinski definition) is 7. The Bertz CT molecular complexity index is 1090. The van der Waals surface area contributed by atoms with Gasteiger partial charge in [0, 0.05) is 16.9 Å². The van der Waals surface area contributed by atoms with Crippen molar-refractivity contribution in [1.29, 1.82) is 0 Å². The quantitative estimate of drug-likeness (QED) is 0.286. The average Bonchev–Trinajstić information content (AvgIpc) is 3.04. The molecule has 0 bridgehead atoms. The SMILES string of the molecule is CC1(C)S[C@@H]2C(NC(=O)Cc3ccccc3)C(=O)N2[C@H]1C(=O)OCc1ccc([N+](=O)[O-])cc1. The first-order valence-corrected chi connectivity index (χ1v) is 11.3. The molecule has 4 rings (SSSR count). The van der Waals surface area contributed by atoms with Crippen LogP contribution in [-0.4, -0.2) is 49.8 Å². The fourth-order valence-electron chi connectivity index (χ4n) is 4.08. The van der Waals surface area contributed by atoms with Crippen LogP contribution in [0.25, 0.3) is 0 Å². The smallest absolute Gasteiger partial charge is 0.330 e. The molecule has 9 nitrogen and oxygen atoms in total. The first-order chi connectivity index (χ1) is 15.7. The van der Waals surface area contributed by atoms with Gasteiger partial charge in [0.05, 0.1) is 11.3 Å². The third-order valence-electron chi connectivity index (χ3n) is 5.72. The minimum atomic E-state index is -0.791. The zero-order valence-corrected chi connectivity index (χ0v) is 18.9. The minimum absolute atomic E-state index is 0.0484. The summed E-state index contributed by atoms with van der Waals surface area (Å²) in [5.74, 6) is -1.10. The first-order valence-electron chi connectivity index (χ1n) is 10.4. The number of nitrogens with zero attached hydrogens (tertiary/aromatic N) is 2. The van der Waals surface area contributed by atoms with Gasteiger partial charge in [0.1, 0.15) is 24.1 Å². The zero-order chi connectivity index (χ0) is 23.8. The van der Waals surface area contributed by atoms with E-state index in [1.807, 2.05) is 44.2 Å². The molecular formula is C23H23N3O6S. The lowest BCUT2D eigenvalue weighted by molar-refractivity contribution is -0.384. The maximum Gasteiger partial charge on any atom is 0.330 e. The Kier molecular flexibility index (Phi) is 6.11. The number of rotatable bonds is 7. The zero-order valence-electron chi connectivity index (χ0n) is 18.1. The lowest BCUT2D eigenvalue weighted by Crippen LogP contribution is -2.70. The van der Waals surface area contributed by atoms with Crippen molar-refractivity contribution >= 4 is 35.2 Å². The van der Waals surface area contributed by atoms with Crippen molar-refractivity contribution in [2.24, 2.45) is 0 Å². The molecule has 1 unspecified atom stereocenters. The van der Waals surface area contributed by atoms with Gasteiger partial charge in [0.2, 0.25) is 11.8 Å². The lowest BCUT2D eigenvalue weighted by Gasteiger charge is -2.44. The van der Waals surface area contributed by atoms with E-state index in [0.717, 1.165) is 5.56 Å². The maximum absolute atomic E-state index is 12.9. The van der Waals surface area contributed by atoms with E-state index in [-0.39, 0.29) is 35.9 Å². The standard InChI is InChI=1S/C23H23N3O6S/c1-23(2)19(22(29)32-13-15-8-10-16(11-9-15)26(30)31)25-20(28)18(21(25)33-23)24-17(27)12-14-6-4-3-5-7-14/h3-11,18-19,21H,12-13H2,1-2H3,(H,24,27)/t18?,19-,21+/m0/s1. The molecule has 0 radical (unpaired) electrons. The second-order valence-electron chi connectivity index (χ2n) is 8.50. The summed E-state index contributed by atoms with van der Waals surface area (Å²) in [6, 6.07) is 13.5. The number of β-lactam (4-membered cyclic amide) rings is 1. The number of carbonyl (C=O) groups excluding carboxylic acids is 3. The Balaban J connectivity index is 1.37. The normalized spacial score (nSPS) is 22.8. The summed E-state index contributed by atoms with van der Waals surface area (Å²) in [6.45, 7) is 3.67. The Labute approximate surface area is 194 Å². The molecule has 2 aliphatic rings. The van der Waals surface area contributed by atoms with Gasteiger partial charge in [0.15, 0.2) is 0 Å². The highest BCUT2D eigenvalue weighted by molar-refractivity contribution is 8.01. The second-order valence-corrected chi connectivity index (χ2v) is 10.3.